The van der Waals surface area contributed by atoms with E-state index in [9.17, 15) is 4.79 Å². The Balaban J connectivity index is 1.69. The highest BCUT2D eigenvalue weighted by Gasteiger charge is 2.12. The zero-order chi connectivity index (χ0) is 16.5. The number of carbonyl (C=O) groups excluding carboxylic acids is 1. The molecule has 1 aromatic heterocycles. The van der Waals surface area contributed by atoms with Gasteiger partial charge >= 0.3 is 5.97 Å². The molecule has 3 nitrogen and oxygen atoms in total. The molecule has 0 saturated carbocycles. The lowest BCUT2D eigenvalue weighted by molar-refractivity contribution is 0.0606. The molecule has 0 fully saturated rings. The fourth-order valence-electron chi connectivity index (χ4n) is 2.93. The minimum atomic E-state index is -0.287. The van der Waals surface area contributed by atoms with Crippen LogP contribution in [0.3, 0.4) is 0 Å². The number of esters is 1. The van der Waals surface area contributed by atoms with Gasteiger partial charge < -0.3 is 9.47 Å². The lowest BCUT2D eigenvalue weighted by atomic mass is 10.1. The molecule has 4 heteroatoms. The van der Waals surface area contributed by atoms with E-state index in [0.717, 1.165) is 40.0 Å². The Morgan fingerprint density at radius 3 is 3.00 bits per heavy atom. The van der Waals surface area contributed by atoms with Gasteiger partial charge in [0.2, 0.25) is 0 Å². The van der Waals surface area contributed by atoms with Crippen LogP contribution in [-0.2, 0) is 11.2 Å². The summed E-state index contributed by atoms with van der Waals surface area (Å²) in [5.41, 5.74) is 3.51. The molecule has 0 saturated heterocycles. The largest absolute Gasteiger partial charge is 0.493 e. The van der Waals surface area contributed by atoms with Crippen LogP contribution in [0.5, 0.6) is 5.75 Å². The van der Waals surface area contributed by atoms with Gasteiger partial charge in [0.25, 0.3) is 0 Å². The second kappa shape index (κ2) is 6.13. The van der Waals surface area contributed by atoms with E-state index in [1.807, 2.05) is 24.3 Å². The van der Waals surface area contributed by atoms with E-state index in [0.29, 0.717) is 4.88 Å². The van der Waals surface area contributed by atoms with Crippen molar-refractivity contribution in [1.82, 2.24) is 0 Å². The summed E-state index contributed by atoms with van der Waals surface area (Å²) < 4.78 is 11.4. The quantitative estimate of drug-likeness (QED) is 0.509. The number of hydrogen-bond acceptors (Lipinski definition) is 4. The van der Waals surface area contributed by atoms with Gasteiger partial charge in [-0.2, -0.15) is 0 Å². The van der Waals surface area contributed by atoms with Gasteiger partial charge in [-0.25, -0.2) is 4.79 Å². The predicted molar refractivity (Wildman–Crippen MR) is 97.7 cm³/mol. The summed E-state index contributed by atoms with van der Waals surface area (Å²) in [4.78, 5) is 12.4. The Morgan fingerprint density at radius 2 is 2.12 bits per heavy atom. The summed E-state index contributed by atoms with van der Waals surface area (Å²) >= 11 is 1.46. The van der Waals surface area contributed by atoms with Gasteiger partial charge in [0.05, 0.1) is 13.7 Å². The standard InChI is InChI=1S/C20H16O3S/c1-22-20(21)19-12-16-14(3-2-4-18(16)24-19)7-5-13-6-8-17-15(11-13)9-10-23-17/h2-8,11-12H,9-10H2,1H3/b7-5+. The van der Waals surface area contributed by atoms with Crippen molar-refractivity contribution in [3.05, 3.63) is 64.0 Å². The highest BCUT2D eigenvalue weighted by Crippen LogP contribution is 2.31. The molecule has 2 heterocycles. The van der Waals surface area contributed by atoms with Crippen LogP contribution < -0.4 is 4.74 Å². The first-order chi connectivity index (χ1) is 11.7. The SMILES string of the molecule is COC(=O)c1cc2c(/C=C/c3ccc4c(c3)CCO4)cccc2s1. The third-order valence-electron chi connectivity index (χ3n) is 4.15. The summed E-state index contributed by atoms with van der Waals surface area (Å²) in [7, 11) is 1.41. The smallest absolute Gasteiger partial charge is 0.348 e. The number of benzene rings is 2. The number of thiophene rings is 1. The summed E-state index contributed by atoms with van der Waals surface area (Å²) in [6, 6.07) is 14.3. The number of carbonyl (C=O) groups is 1. The molecular formula is C20H16O3S. The van der Waals surface area contributed by atoms with Crippen molar-refractivity contribution >= 4 is 39.5 Å². The maximum Gasteiger partial charge on any atom is 0.348 e. The zero-order valence-electron chi connectivity index (χ0n) is 13.2. The monoisotopic (exact) mass is 336 g/mol. The van der Waals surface area contributed by atoms with E-state index >= 15 is 0 Å². The molecule has 120 valence electrons. The number of hydrogen-bond donors (Lipinski definition) is 0. The summed E-state index contributed by atoms with van der Waals surface area (Å²) in [5.74, 6) is 0.708. The fourth-order valence-corrected chi connectivity index (χ4v) is 3.94. The van der Waals surface area contributed by atoms with Crippen LogP contribution in [0.2, 0.25) is 0 Å². The molecule has 0 aliphatic carbocycles. The fraction of sp³-hybridized carbons (Fsp3) is 0.150. The van der Waals surface area contributed by atoms with Gasteiger partial charge in [0.15, 0.2) is 0 Å². The zero-order valence-corrected chi connectivity index (χ0v) is 14.1. The molecule has 0 spiro atoms. The van der Waals surface area contributed by atoms with Gasteiger partial charge in [-0.3, -0.25) is 0 Å². The first-order valence-electron chi connectivity index (χ1n) is 7.79. The Bertz CT molecular complexity index is 953. The molecule has 0 atom stereocenters. The Labute approximate surface area is 144 Å². The molecule has 0 unspecified atom stereocenters. The molecule has 1 aliphatic heterocycles. The van der Waals surface area contributed by atoms with Crippen LogP contribution >= 0.6 is 11.3 Å². The van der Waals surface area contributed by atoms with Crippen molar-refractivity contribution in [2.45, 2.75) is 6.42 Å². The first-order valence-corrected chi connectivity index (χ1v) is 8.61. The van der Waals surface area contributed by atoms with Crippen LogP contribution in [0.4, 0.5) is 0 Å². The minimum Gasteiger partial charge on any atom is -0.493 e. The molecule has 0 amide bonds. The number of rotatable bonds is 3. The lowest BCUT2D eigenvalue weighted by Gasteiger charge is -2.00. The van der Waals surface area contributed by atoms with Gasteiger partial charge in [0, 0.05) is 16.5 Å². The first kappa shape index (κ1) is 15.0. The van der Waals surface area contributed by atoms with Crippen molar-refractivity contribution in [3.8, 4) is 5.75 Å². The third kappa shape index (κ3) is 2.69. The summed E-state index contributed by atoms with van der Waals surface area (Å²) in [5, 5.41) is 1.07. The normalized spacial score (nSPS) is 13.2. The van der Waals surface area contributed by atoms with Crippen molar-refractivity contribution in [1.29, 1.82) is 0 Å². The molecule has 4 rings (SSSR count). The highest BCUT2D eigenvalue weighted by atomic mass is 32.1. The van der Waals surface area contributed by atoms with E-state index in [4.69, 9.17) is 9.47 Å². The van der Waals surface area contributed by atoms with E-state index in [2.05, 4.69) is 30.4 Å². The average molecular weight is 336 g/mol. The maximum absolute atomic E-state index is 11.7. The van der Waals surface area contributed by atoms with Crippen LogP contribution in [-0.4, -0.2) is 19.7 Å². The van der Waals surface area contributed by atoms with E-state index in [1.165, 1.54) is 24.0 Å². The van der Waals surface area contributed by atoms with Crippen molar-refractivity contribution < 1.29 is 14.3 Å². The summed E-state index contributed by atoms with van der Waals surface area (Å²) in [6.07, 6.45) is 5.16. The van der Waals surface area contributed by atoms with Crippen molar-refractivity contribution in [2.75, 3.05) is 13.7 Å². The minimum absolute atomic E-state index is 0.287. The van der Waals surface area contributed by atoms with E-state index in [1.54, 1.807) is 0 Å². The van der Waals surface area contributed by atoms with E-state index in [-0.39, 0.29) is 5.97 Å². The number of methoxy groups -OCH3 is 1. The highest BCUT2D eigenvalue weighted by molar-refractivity contribution is 7.20. The average Bonchev–Trinajstić information content (AvgIpc) is 3.25. The van der Waals surface area contributed by atoms with Gasteiger partial charge in [0.1, 0.15) is 10.6 Å². The molecule has 0 N–H and O–H groups in total. The number of fused-ring (bicyclic) bond motifs is 2. The predicted octanol–water partition coefficient (Wildman–Crippen LogP) is 4.79. The summed E-state index contributed by atoms with van der Waals surface area (Å²) in [6.45, 7) is 0.771. The molecular weight excluding hydrogens is 320 g/mol. The molecule has 2 aromatic carbocycles. The lowest BCUT2D eigenvalue weighted by Crippen LogP contribution is -1.96. The molecule has 3 aromatic rings. The third-order valence-corrected chi connectivity index (χ3v) is 5.23. The second-order valence-electron chi connectivity index (χ2n) is 5.66. The maximum atomic E-state index is 11.7. The Kier molecular flexibility index (Phi) is 3.82. The van der Waals surface area contributed by atoms with Crippen LogP contribution in [0.1, 0.15) is 26.4 Å². The van der Waals surface area contributed by atoms with Gasteiger partial charge in [-0.15, -0.1) is 11.3 Å². The van der Waals surface area contributed by atoms with Gasteiger partial charge in [-0.1, -0.05) is 30.4 Å². The molecule has 1 aliphatic rings. The van der Waals surface area contributed by atoms with Crippen molar-refractivity contribution in [3.63, 3.8) is 0 Å². The molecule has 0 radical (unpaired) electrons. The molecule has 0 bridgehead atoms. The topological polar surface area (TPSA) is 35.5 Å². The van der Waals surface area contributed by atoms with Crippen LogP contribution in [0.15, 0.2) is 42.5 Å². The number of ether oxygens (including phenoxy) is 2. The van der Waals surface area contributed by atoms with Crippen LogP contribution in [0, 0.1) is 0 Å². The van der Waals surface area contributed by atoms with Crippen LogP contribution in [0.25, 0.3) is 22.2 Å². The van der Waals surface area contributed by atoms with E-state index < -0.39 is 0 Å². The Hall–Kier alpha value is -2.59. The Morgan fingerprint density at radius 1 is 1.21 bits per heavy atom. The molecule has 24 heavy (non-hydrogen) atoms. The second-order valence-corrected chi connectivity index (χ2v) is 6.74. The van der Waals surface area contributed by atoms with Gasteiger partial charge in [-0.05, 0) is 41.0 Å². The van der Waals surface area contributed by atoms with Crippen molar-refractivity contribution in [2.24, 2.45) is 0 Å².